The first-order chi connectivity index (χ1) is 12.6. The Labute approximate surface area is 158 Å². The van der Waals surface area contributed by atoms with E-state index < -0.39 is 5.41 Å². The fourth-order valence-electron chi connectivity index (χ4n) is 5.07. The van der Waals surface area contributed by atoms with Crippen LogP contribution in [0.1, 0.15) is 71.6 Å². The number of carbonyl (C=O) groups excluding carboxylic acids is 2. The first-order valence-electron chi connectivity index (χ1n) is 10.7. The number of likely N-dealkylation sites (tertiary alicyclic amines) is 1. The van der Waals surface area contributed by atoms with Crippen molar-refractivity contribution in [3.63, 3.8) is 0 Å². The maximum absolute atomic E-state index is 13.3. The second-order valence-electron chi connectivity index (χ2n) is 8.05. The van der Waals surface area contributed by atoms with Crippen LogP contribution in [-0.4, -0.2) is 53.8 Å². The fraction of sp³-hybridized carbons (Fsp3) is 0.810. The summed E-state index contributed by atoms with van der Waals surface area (Å²) in [5.74, 6) is 0.378. The molecule has 2 aliphatic carbocycles. The number of rotatable bonds is 7. The summed E-state index contributed by atoms with van der Waals surface area (Å²) in [6.07, 6.45) is 10.9. The summed E-state index contributed by atoms with van der Waals surface area (Å²) in [7, 11) is 0. The van der Waals surface area contributed by atoms with Gasteiger partial charge in [0.05, 0.1) is 5.41 Å². The third-order valence-electron chi connectivity index (χ3n) is 6.66. The van der Waals surface area contributed by atoms with Crippen molar-refractivity contribution in [2.24, 2.45) is 5.41 Å². The molecule has 0 aromatic carbocycles. The third-order valence-corrected chi connectivity index (χ3v) is 6.66. The zero-order chi connectivity index (χ0) is 18.6. The highest BCUT2D eigenvalue weighted by molar-refractivity contribution is 5.91. The van der Waals surface area contributed by atoms with Crippen molar-refractivity contribution in [3.05, 3.63) is 11.8 Å². The molecule has 1 heterocycles. The molecule has 0 aromatic heterocycles. The van der Waals surface area contributed by atoms with Gasteiger partial charge in [0.15, 0.2) is 0 Å². The molecule has 1 N–H and O–H groups in total. The minimum Gasteiger partial charge on any atom is -0.354 e. The predicted octanol–water partition coefficient (Wildman–Crippen LogP) is 3.06. The van der Waals surface area contributed by atoms with Crippen LogP contribution in [0.25, 0.3) is 0 Å². The quantitative estimate of drug-likeness (QED) is 0.758. The molecular formula is C21H35N3O2. The smallest absolute Gasteiger partial charge is 0.232 e. The Bertz CT molecular complexity index is 549. The normalized spacial score (nSPS) is 26.8. The van der Waals surface area contributed by atoms with Gasteiger partial charge >= 0.3 is 0 Å². The number of likely N-dealkylation sites (N-methyl/N-ethyl adjacent to an activating group) is 1. The Hall–Kier alpha value is -1.36. The largest absolute Gasteiger partial charge is 0.354 e. The summed E-state index contributed by atoms with van der Waals surface area (Å²) in [6.45, 7) is 7.89. The number of carbonyl (C=O) groups is 2. The molecule has 0 bridgehead atoms. The van der Waals surface area contributed by atoms with Crippen LogP contribution in [0.3, 0.4) is 0 Å². The van der Waals surface area contributed by atoms with E-state index in [-0.39, 0.29) is 11.8 Å². The average molecular weight is 362 g/mol. The van der Waals surface area contributed by atoms with Crippen LogP contribution in [0.2, 0.25) is 0 Å². The number of amides is 2. The van der Waals surface area contributed by atoms with Crippen LogP contribution < -0.4 is 5.32 Å². The van der Waals surface area contributed by atoms with Crippen LogP contribution in [0, 0.1) is 5.41 Å². The van der Waals surface area contributed by atoms with Crippen LogP contribution in [0.15, 0.2) is 11.8 Å². The van der Waals surface area contributed by atoms with E-state index in [0.29, 0.717) is 25.4 Å². The molecule has 3 aliphatic rings. The lowest BCUT2D eigenvalue weighted by atomic mass is 9.68. The predicted molar refractivity (Wildman–Crippen MR) is 104 cm³/mol. The van der Waals surface area contributed by atoms with Gasteiger partial charge in [0.25, 0.3) is 0 Å². The van der Waals surface area contributed by atoms with Gasteiger partial charge in [-0.2, -0.15) is 0 Å². The van der Waals surface area contributed by atoms with E-state index in [0.717, 1.165) is 57.4 Å². The minimum atomic E-state index is -0.474. The first kappa shape index (κ1) is 19.4. The zero-order valence-electron chi connectivity index (χ0n) is 16.6. The monoisotopic (exact) mass is 361 g/mol. The Balaban J connectivity index is 1.74. The van der Waals surface area contributed by atoms with Gasteiger partial charge in [-0.05, 0) is 51.6 Å². The Morgan fingerprint density at radius 1 is 1.23 bits per heavy atom. The average Bonchev–Trinajstić information content (AvgIpc) is 3.19. The standard InChI is InChI=1S/C21H35N3O2/c1-3-23(4-2)16-15-22-20(26)21-13-8-7-11-18(21)24(19(25)12-14-21)17-9-5-6-10-17/h11,17H,3-10,12-16H2,1-2H3,(H,22,26). The maximum atomic E-state index is 13.3. The summed E-state index contributed by atoms with van der Waals surface area (Å²) < 4.78 is 0. The van der Waals surface area contributed by atoms with Crippen molar-refractivity contribution in [2.45, 2.75) is 77.7 Å². The number of allylic oxidation sites excluding steroid dienone is 1. The van der Waals surface area contributed by atoms with Gasteiger partial charge in [-0.3, -0.25) is 9.59 Å². The molecule has 0 spiro atoms. The molecular weight excluding hydrogens is 326 g/mol. The van der Waals surface area contributed by atoms with Crippen LogP contribution >= 0.6 is 0 Å². The van der Waals surface area contributed by atoms with Gasteiger partial charge in [-0.25, -0.2) is 0 Å². The molecule has 0 radical (unpaired) electrons. The highest BCUT2D eigenvalue weighted by Crippen LogP contribution is 2.48. The van der Waals surface area contributed by atoms with Crippen molar-refractivity contribution in [1.82, 2.24) is 15.1 Å². The van der Waals surface area contributed by atoms with E-state index in [4.69, 9.17) is 0 Å². The van der Waals surface area contributed by atoms with Gasteiger partial charge in [-0.1, -0.05) is 32.8 Å². The molecule has 5 nitrogen and oxygen atoms in total. The molecule has 0 aromatic rings. The van der Waals surface area contributed by atoms with Gasteiger partial charge < -0.3 is 15.1 Å². The van der Waals surface area contributed by atoms with Gasteiger partial charge in [0.2, 0.25) is 11.8 Å². The van der Waals surface area contributed by atoms with Gasteiger partial charge in [-0.15, -0.1) is 0 Å². The SMILES string of the molecule is CCN(CC)CCNC(=O)C12CCCC=C1N(C1CCCC1)C(=O)CC2. The second kappa shape index (κ2) is 8.55. The van der Waals surface area contributed by atoms with E-state index in [2.05, 4.69) is 30.1 Å². The molecule has 1 unspecified atom stereocenters. The number of fused-ring (bicyclic) bond motifs is 1. The Morgan fingerprint density at radius 3 is 2.65 bits per heavy atom. The molecule has 5 heteroatoms. The molecule has 26 heavy (non-hydrogen) atoms. The van der Waals surface area contributed by atoms with Crippen LogP contribution in [-0.2, 0) is 9.59 Å². The lowest BCUT2D eigenvalue weighted by Gasteiger charge is -2.48. The highest BCUT2D eigenvalue weighted by Gasteiger charge is 2.51. The van der Waals surface area contributed by atoms with E-state index in [1.807, 2.05) is 4.90 Å². The number of hydrogen-bond acceptors (Lipinski definition) is 3. The lowest BCUT2D eigenvalue weighted by Crippen LogP contribution is -2.55. The second-order valence-corrected chi connectivity index (χ2v) is 8.05. The molecule has 1 saturated heterocycles. The first-order valence-corrected chi connectivity index (χ1v) is 10.7. The topological polar surface area (TPSA) is 52.7 Å². The zero-order valence-corrected chi connectivity index (χ0v) is 16.6. The minimum absolute atomic E-state index is 0.145. The molecule has 1 saturated carbocycles. The number of piperidine rings is 1. The van der Waals surface area contributed by atoms with Crippen molar-refractivity contribution in [1.29, 1.82) is 0 Å². The van der Waals surface area contributed by atoms with Crippen LogP contribution in [0.5, 0.6) is 0 Å². The Morgan fingerprint density at radius 2 is 1.96 bits per heavy atom. The van der Waals surface area contributed by atoms with E-state index in [9.17, 15) is 9.59 Å². The van der Waals surface area contributed by atoms with Crippen LogP contribution in [0.4, 0.5) is 0 Å². The molecule has 1 atom stereocenters. The van der Waals surface area contributed by atoms with E-state index in [1.54, 1.807) is 0 Å². The summed E-state index contributed by atoms with van der Waals surface area (Å²) in [5, 5.41) is 3.21. The van der Waals surface area contributed by atoms with Crippen molar-refractivity contribution in [2.75, 3.05) is 26.2 Å². The number of nitrogens with one attached hydrogen (secondary N) is 1. The van der Waals surface area contributed by atoms with E-state index in [1.165, 1.54) is 12.8 Å². The highest BCUT2D eigenvalue weighted by atomic mass is 16.2. The molecule has 1 aliphatic heterocycles. The van der Waals surface area contributed by atoms with Crippen molar-refractivity contribution in [3.8, 4) is 0 Å². The summed E-state index contributed by atoms with van der Waals surface area (Å²) in [6, 6.07) is 0.315. The van der Waals surface area contributed by atoms with Crippen molar-refractivity contribution < 1.29 is 9.59 Å². The van der Waals surface area contributed by atoms with Gasteiger partial charge in [0.1, 0.15) is 0 Å². The maximum Gasteiger partial charge on any atom is 0.232 e. The van der Waals surface area contributed by atoms with E-state index >= 15 is 0 Å². The van der Waals surface area contributed by atoms with Crippen molar-refractivity contribution >= 4 is 11.8 Å². The third kappa shape index (κ3) is 3.68. The molecule has 2 fully saturated rings. The fourth-order valence-corrected chi connectivity index (χ4v) is 5.07. The summed E-state index contributed by atoms with van der Waals surface area (Å²) in [4.78, 5) is 30.4. The molecule has 3 rings (SSSR count). The number of nitrogens with zero attached hydrogens (tertiary/aromatic N) is 2. The Kier molecular flexibility index (Phi) is 6.38. The molecule has 2 amide bonds. The summed E-state index contributed by atoms with van der Waals surface area (Å²) >= 11 is 0. The van der Waals surface area contributed by atoms with Gasteiger partial charge in [0, 0.05) is 31.2 Å². The number of hydrogen-bond donors (Lipinski definition) is 1. The lowest BCUT2D eigenvalue weighted by molar-refractivity contribution is -0.142. The molecule has 146 valence electrons. The summed E-state index contributed by atoms with van der Waals surface area (Å²) in [5.41, 5.74) is 0.560.